The summed E-state index contributed by atoms with van der Waals surface area (Å²) in [5, 5.41) is 0. The highest BCUT2D eigenvalue weighted by atomic mass is 19.1. The van der Waals surface area contributed by atoms with Crippen molar-refractivity contribution in [2.45, 2.75) is 46.5 Å². The Labute approximate surface area is 121 Å². The number of halogens is 1. The molecular formula is C18H24FN. The molecule has 1 unspecified atom stereocenters. The molecule has 0 aliphatic heterocycles. The van der Waals surface area contributed by atoms with Crippen LogP contribution in [0.5, 0.6) is 0 Å². The summed E-state index contributed by atoms with van der Waals surface area (Å²) in [7, 11) is 0. The minimum Gasteiger partial charge on any atom is -0.262 e. The first-order valence-electron chi connectivity index (χ1n) is 6.94. The highest BCUT2D eigenvalue weighted by molar-refractivity contribution is 5.36. The van der Waals surface area contributed by atoms with Gasteiger partial charge in [0, 0.05) is 0 Å². The standard InChI is InChI=1S/C18H24FN/c1-12-9-13(2)11-17(10-12)14(3)7-8-15(4)18(19)16(5)20-6/h9-11,14H,5-8H2,1-4H3/b18-15-. The number of allylic oxidation sites excluding steroid dienone is 2. The number of rotatable bonds is 6. The number of hydrogen-bond donors (Lipinski definition) is 0. The third kappa shape index (κ3) is 4.44. The van der Waals surface area contributed by atoms with Crippen molar-refractivity contribution >= 4 is 6.72 Å². The van der Waals surface area contributed by atoms with E-state index < -0.39 is 0 Å². The van der Waals surface area contributed by atoms with Gasteiger partial charge in [-0.1, -0.05) is 42.8 Å². The van der Waals surface area contributed by atoms with Crippen molar-refractivity contribution in [3.63, 3.8) is 0 Å². The molecule has 1 rings (SSSR count). The molecule has 108 valence electrons. The molecule has 0 N–H and O–H groups in total. The van der Waals surface area contributed by atoms with E-state index in [0.717, 1.165) is 6.42 Å². The van der Waals surface area contributed by atoms with E-state index in [-0.39, 0.29) is 11.5 Å². The van der Waals surface area contributed by atoms with Crippen LogP contribution in [-0.2, 0) is 0 Å². The van der Waals surface area contributed by atoms with Crippen molar-refractivity contribution in [2.24, 2.45) is 4.99 Å². The van der Waals surface area contributed by atoms with Crippen LogP contribution in [-0.4, -0.2) is 6.72 Å². The average Bonchev–Trinajstić information content (AvgIpc) is 2.41. The quantitative estimate of drug-likeness (QED) is 0.469. The van der Waals surface area contributed by atoms with Crippen LogP contribution in [0.3, 0.4) is 0 Å². The maximum Gasteiger partial charge on any atom is 0.147 e. The Hall–Kier alpha value is -1.70. The summed E-state index contributed by atoms with van der Waals surface area (Å²) < 4.78 is 13.8. The Morgan fingerprint density at radius 1 is 1.25 bits per heavy atom. The molecule has 0 aliphatic carbocycles. The summed E-state index contributed by atoms with van der Waals surface area (Å²) in [4.78, 5) is 3.54. The number of aliphatic imine (C=N–C) groups is 1. The summed E-state index contributed by atoms with van der Waals surface area (Å²) in [5.74, 6) is 0.0777. The van der Waals surface area contributed by atoms with Gasteiger partial charge >= 0.3 is 0 Å². The average molecular weight is 273 g/mol. The van der Waals surface area contributed by atoms with Gasteiger partial charge in [-0.3, -0.25) is 4.99 Å². The Kier molecular flexibility index (Phi) is 5.87. The molecule has 0 aromatic heterocycles. The maximum absolute atomic E-state index is 13.8. The van der Waals surface area contributed by atoms with Gasteiger partial charge in [-0.15, -0.1) is 0 Å². The van der Waals surface area contributed by atoms with E-state index >= 15 is 0 Å². The van der Waals surface area contributed by atoms with Crippen molar-refractivity contribution in [3.8, 4) is 0 Å². The fourth-order valence-corrected chi connectivity index (χ4v) is 2.32. The monoisotopic (exact) mass is 273 g/mol. The zero-order chi connectivity index (χ0) is 15.3. The molecule has 1 aromatic carbocycles. The molecule has 0 saturated carbocycles. The molecule has 1 nitrogen and oxygen atoms in total. The van der Waals surface area contributed by atoms with E-state index in [2.05, 4.69) is 57.3 Å². The summed E-state index contributed by atoms with van der Waals surface area (Å²) in [6.45, 7) is 15.0. The van der Waals surface area contributed by atoms with Gasteiger partial charge in [0.2, 0.25) is 0 Å². The predicted molar refractivity (Wildman–Crippen MR) is 86.1 cm³/mol. The number of benzene rings is 1. The van der Waals surface area contributed by atoms with E-state index in [9.17, 15) is 4.39 Å². The molecule has 2 heteroatoms. The molecule has 0 spiro atoms. The SMILES string of the molecule is C=NC(=C)/C(F)=C(\C)CCC(C)c1cc(C)cc(C)c1. The molecule has 20 heavy (non-hydrogen) atoms. The Morgan fingerprint density at radius 2 is 1.80 bits per heavy atom. The number of hydrogen-bond acceptors (Lipinski definition) is 1. The number of nitrogens with zero attached hydrogens (tertiary/aromatic N) is 1. The first-order chi connectivity index (χ1) is 9.35. The zero-order valence-electron chi connectivity index (χ0n) is 13.0. The lowest BCUT2D eigenvalue weighted by molar-refractivity contribution is 0.608. The lowest BCUT2D eigenvalue weighted by atomic mass is 9.92. The molecule has 0 heterocycles. The van der Waals surface area contributed by atoms with Crippen LogP contribution in [0.2, 0.25) is 0 Å². The van der Waals surface area contributed by atoms with Crippen LogP contribution < -0.4 is 0 Å². The Morgan fingerprint density at radius 3 is 2.30 bits per heavy atom. The van der Waals surface area contributed by atoms with E-state index in [0.29, 0.717) is 17.9 Å². The molecule has 1 aromatic rings. The third-order valence-corrected chi connectivity index (χ3v) is 3.58. The van der Waals surface area contributed by atoms with Gasteiger partial charge in [-0.25, -0.2) is 4.39 Å². The molecule has 0 fully saturated rings. The van der Waals surface area contributed by atoms with Crippen molar-refractivity contribution < 1.29 is 4.39 Å². The second kappa shape index (κ2) is 7.18. The fourth-order valence-electron chi connectivity index (χ4n) is 2.32. The minimum atomic E-state index is -0.326. The van der Waals surface area contributed by atoms with Crippen molar-refractivity contribution in [1.29, 1.82) is 0 Å². The molecular weight excluding hydrogens is 249 g/mol. The van der Waals surface area contributed by atoms with Crippen LogP contribution >= 0.6 is 0 Å². The predicted octanol–water partition coefficient (Wildman–Crippen LogP) is 5.64. The van der Waals surface area contributed by atoms with Gasteiger partial charge < -0.3 is 0 Å². The Balaban J connectivity index is 2.74. The lowest BCUT2D eigenvalue weighted by Crippen LogP contribution is -1.97. The van der Waals surface area contributed by atoms with Crippen LogP contribution in [0.4, 0.5) is 4.39 Å². The van der Waals surface area contributed by atoms with E-state index in [1.807, 2.05) is 0 Å². The molecule has 0 saturated heterocycles. The third-order valence-electron chi connectivity index (χ3n) is 3.58. The Bertz CT molecular complexity index is 520. The summed E-state index contributed by atoms with van der Waals surface area (Å²) in [6, 6.07) is 6.58. The van der Waals surface area contributed by atoms with E-state index in [1.165, 1.54) is 16.7 Å². The molecule has 0 aliphatic rings. The fraction of sp³-hybridized carbons (Fsp3) is 0.389. The smallest absolute Gasteiger partial charge is 0.147 e. The number of aryl methyl sites for hydroxylation is 2. The van der Waals surface area contributed by atoms with Crippen LogP contribution in [0.25, 0.3) is 0 Å². The van der Waals surface area contributed by atoms with Crippen molar-refractivity contribution in [1.82, 2.24) is 0 Å². The molecule has 1 atom stereocenters. The van der Waals surface area contributed by atoms with Crippen LogP contribution in [0.1, 0.15) is 49.3 Å². The molecule has 0 radical (unpaired) electrons. The highest BCUT2D eigenvalue weighted by Crippen LogP contribution is 2.27. The van der Waals surface area contributed by atoms with Crippen LogP contribution in [0, 0.1) is 13.8 Å². The molecule has 0 amide bonds. The normalized spacial score (nSPS) is 13.7. The van der Waals surface area contributed by atoms with Gasteiger partial charge in [0.25, 0.3) is 0 Å². The summed E-state index contributed by atoms with van der Waals surface area (Å²) in [5.41, 5.74) is 4.68. The maximum atomic E-state index is 13.8. The van der Waals surface area contributed by atoms with Crippen molar-refractivity contribution in [3.05, 3.63) is 58.6 Å². The lowest BCUT2D eigenvalue weighted by Gasteiger charge is -2.14. The van der Waals surface area contributed by atoms with Gasteiger partial charge in [0.15, 0.2) is 0 Å². The van der Waals surface area contributed by atoms with E-state index in [1.54, 1.807) is 6.92 Å². The van der Waals surface area contributed by atoms with Gasteiger partial charge in [0.1, 0.15) is 5.83 Å². The second-order valence-corrected chi connectivity index (χ2v) is 5.56. The largest absolute Gasteiger partial charge is 0.262 e. The van der Waals surface area contributed by atoms with Gasteiger partial charge in [-0.05, 0) is 57.4 Å². The second-order valence-electron chi connectivity index (χ2n) is 5.56. The first kappa shape index (κ1) is 16.4. The van der Waals surface area contributed by atoms with E-state index in [4.69, 9.17) is 0 Å². The van der Waals surface area contributed by atoms with Gasteiger partial charge in [0.05, 0.1) is 5.70 Å². The zero-order valence-corrected chi connectivity index (χ0v) is 13.0. The minimum absolute atomic E-state index is 0.126. The van der Waals surface area contributed by atoms with Crippen molar-refractivity contribution in [2.75, 3.05) is 0 Å². The summed E-state index contributed by atoms with van der Waals surface area (Å²) in [6.07, 6.45) is 1.61. The summed E-state index contributed by atoms with van der Waals surface area (Å²) >= 11 is 0. The molecule has 0 bridgehead atoms. The topological polar surface area (TPSA) is 12.4 Å². The van der Waals surface area contributed by atoms with Gasteiger partial charge in [-0.2, -0.15) is 0 Å². The van der Waals surface area contributed by atoms with Crippen LogP contribution in [0.15, 0.2) is 46.9 Å². The highest BCUT2D eigenvalue weighted by Gasteiger charge is 2.10. The first-order valence-corrected chi connectivity index (χ1v) is 6.94.